The van der Waals surface area contributed by atoms with E-state index in [1.165, 1.54) is 0 Å². The summed E-state index contributed by atoms with van der Waals surface area (Å²) >= 11 is 12.1. The Morgan fingerprint density at radius 1 is 0.958 bits per heavy atom. The standard InChI is InChI=1S/C19H21Cl2N3/c20-12-10-19(22,11-13-21)17(14-6-2-1-3-7-14)18-23-15-8-4-5-9-16(15)24-18/h1-9,17H,10-13,22H2,(H,23,24). The Bertz CT molecular complexity index is 746. The van der Waals surface area contributed by atoms with E-state index in [2.05, 4.69) is 17.1 Å². The van der Waals surface area contributed by atoms with Crippen molar-refractivity contribution in [2.45, 2.75) is 24.3 Å². The van der Waals surface area contributed by atoms with Crippen LogP contribution < -0.4 is 5.73 Å². The number of benzene rings is 2. The molecule has 126 valence electrons. The fourth-order valence-corrected chi connectivity index (χ4v) is 3.99. The predicted octanol–water partition coefficient (Wildman–Crippen LogP) is 4.65. The van der Waals surface area contributed by atoms with Gasteiger partial charge in [-0.25, -0.2) is 4.98 Å². The molecular formula is C19H21Cl2N3. The minimum atomic E-state index is -0.557. The number of halogens is 2. The minimum absolute atomic E-state index is 0.0939. The molecule has 1 heterocycles. The maximum absolute atomic E-state index is 6.82. The number of nitrogens with two attached hydrogens (primary N) is 1. The van der Waals surface area contributed by atoms with Crippen molar-refractivity contribution >= 4 is 34.2 Å². The second-order valence-electron chi connectivity index (χ2n) is 6.09. The molecule has 2 aromatic carbocycles. The Morgan fingerprint density at radius 2 is 1.58 bits per heavy atom. The lowest BCUT2D eigenvalue weighted by Crippen LogP contribution is -2.47. The zero-order valence-corrected chi connectivity index (χ0v) is 14.9. The van der Waals surface area contributed by atoms with Crippen LogP contribution in [0.3, 0.4) is 0 Å². The first-order chi connectivity index (χ1) is 11.7. The number of para-hydroxylation sites is 2. The maximum atomic E-state index is 6.82. The van der Waals surface area contributed by atoms with Crippen molar-refractivity contribution in [2.75, 3.05) is 11.8 Å². The lowest BCUT2D eigenvalue weighted by atomic mass is 9.75. The first-order valence-electron chi connectivity index (χ1n) is 8.08. The van der Waals surface area contributed by atoms with Crippen molar-refractivity contribution in [1.29, 1.82) is 0 Å². The Kier molecular flexibility index (Phi) is 5.44. The summed E-state index contributed by atoms with van der Waals surface area (Å²) in [6.07, 6.45) is 1.33. The molecule has 5 heteroatoms. The van der Waals surface area contributed by atoms with Crippen LogP contribution in [-0.4, -0.2) is 27.3 Å². The number of fused-ring (bicyclic) bond motifs is 1. The molecule has 0 fully saturated rings. The van der Waals surface area contributed by atoms with E-state index < -0.39 is 5.54 Å². The van der Waals surface area contributed by atoms with Gasteiger partial charge in [-0.3, -0.25) is 0 Å². The largest absolute Gasteiger partial charge is 0.341 e. The third-order valence-electron chi connectivity index (χ3n) is 4.51. The Morgan fingerprint density at radius 3 is 2.21 bits per heavy atom. The Balaban J connectivity index is 2.14. The summed E-state index contributed by atoms with van der Waals surface area (Å²) in [5, 5.41) is 0. The van der Waals surface area contributed by atoms with Crippen LogP contribution in [0.1, 0.15) is 30.1 Å². The lowest BCUT2D eigenvalue weighted by Gasteiger charge is -2.36. The van der Waals surface area contributed by atoms with Gasteiger partial charge in [-0.1, -0.05) is 42.5 Å². The molecule has 0 aliphatic carbocycles. The number of nitrogens with zero attached hydrogens (tertiary/aromatic N) is 1. The molecule has 0 aliphatic rings. The topological polar surface area (TPSA) is 54.7 Å². The van der Waals surface area contributed by atoms with Crippen LogP contribution in [0.15, 0.2) is 54.6 Å². The molecule has 0 amide bonds. The summed E-state index contributed by atoms with van der Waals surface area (Å²) in [6.45, 7) is 0. The van der Waals surface area contributed by atoms with E-state index in [1.807, 2.05) is 42.5 Å². The second-order valence-corrected chi connectivity index (χ2v) is 6.85. The fraction of sp³-hybridized carbons (Fsp3) is 0.316. The van der Waals surface area contributed by atoms with E-state index in [-0.39, 0.29) is 5.92 Å². The molecule has 1 atom stereocenters. The number of imidazole rings is 1. The van der Waals surface area contributed by atoms with E-state index in [0.29, 0.717) is 24.6 Å². The summed E-state index contributed by atoms with van der Waals surface area (Å²) < 4.78 is 0. The van der Waals surface area contributed by atoms with Gasteiger partial charge in [0.15, 0.2) is 0 Å². The van der Waals surface area contributed by atoms with Crippen LogP contribution in [0, 0.1) is 0 Å². The number of alkyl halides is 2. The normalized spacial score (nSPS) is 13.3. The molecule has 0 bridgehead atoms. The highest BCUT2D eigenvalue weighted by atomic mass is 35.5. The van der Waals surface area contributed by atoms with Crippen molar-refractivity contribution in [2.24, 2.45) is 5.73 Å². The van der Waals surface area contributed by atoms with Crippen molar-refractivity contribution in [1.82, 2.24) is 9.97 Å². The van der Waals surface area contributed by atoms with Gasteiger partial charge in [0.05, 0.1) is 17.0 Å². The van der Waals surface area contributed by atoms with E-state index in [4.69, 9.17) is 33.9 Å². The van der Waals surface area contributed by atoms with Gasteiger partial charge in [0.2, 0.25) is 0 Å². The lowest BCUT2D eigenvalue weighted by molar-refractivity contribution is 0.347. The molecule has 0 radical (unpaired) electrons. The van der Waals surface area contributed by atoms with Crippen LogP contribution in [0.5, 0.6) is 0 Å². The first kappa shape index (κ1) is 17.3. The molecule has 3 aromatic rings. The van der Waals surface area contributed by atoms with Crippen LogP contribution in [0.25, 0.3) is 11.0 Å². The third kappa shape index (κ3) is 3.44. The number of aromatic amines is 1. The minimum Gasteiger partial charge on any atom is -0.341 e. The summed E-state index contributed by atoms with van der Waals surface area (Å²) in [4.78, 5) is 8.24. The van der Waals surface area contributed by atoms with E-state index in [9.17, 15) is 0 Å². The Labute approximate surface area is 152 Å². The number of aromatic nitrogens is 2. The van der Waals surface area contributed by atoms with Gasteiger partial charge < -0.3 is 10.7 Å². The van der Waals surface area contributed by atoms with Crippen LogP contribution in [-0.2, 0) is 0 Å². The number of rotatable bonds is 7. The molecular weight excluding hydrogens is 341 g/mol. The number of hydrogen-bond acceptors (Lipinski definition) is 2. The molecule has 0 aliphatic heterocycles. The van der Waals surface area contributed by atoms with E-state index in [1.54, 1.807) is 0 Å². The van der Waals surface area contributed by atoms with Crippen LogP contribution >= 0.6 is 23.2 Å². The summed E-state index contributed by atoms with van der Waals surface area (Å²) in [7, 11) is 0. The zero-order chi connectivity index (χ0) is 17.0. The molecule has 3 rings (SSSR count). The maximum Gasteiger partial charge on any atom is 0.116 e. The van der Waals surface area contributed by atoms with Crippen LogP contribution in [0.2, 0.25) is 0 Å². The number of nitrogens with one attached hydrogen (secondary N) is 1. The van der Waals surface area contributed by atoms with Crippen molar-refractivity contribution in [3.8, 4) is 0 Å². The molecule has 0 spiro atoms. The van der Waals surface area contributed by atoms with Crippen molar-refractivity contribution < 1.29 is 0 Å². The number of hydrogen-bond donors (Lipinski definition) is 2. The molecule has 1 aromatic heterocycles. The highest BCUT2D eigenvalue weighted by Crippen LogP contribution is 2.37. The van der Waals surface area contributed by atoms with Gasteiger partial charge in [0, 0.05) is 17.3 Å². The first-order valence-corrected chi connectivity index (χ1v) is 9.15. The van der Waals surface area contributed by atoms with Gasteiger partial charge >= 0.3 is 0 Å². The average Bonchev–Trinajstić information content (AvgIpc) is 2.99. The third-order valence-corrected chi connectivity index (χ3v) is 4.89. The van der Waals surface area contributed by atoms with Gasteiger partial charge in [-0.2, -0.15) is 0 Å². The highest BCUT2D eigenvalue weighted by Gasteiger charge is 2.38. The van der Waals surface area contributed by atoms with Crippen molar-refractivity contribution in [3.05, 3.63) is 66.0 Å². The monoisotopic (exact) mass is 361 g/mol. The fourth-order valence-electron chi connectivity index (χ4n) is 3.28. The smallest absolute Gasteiger partial charge is 0.116 e. The Hall–Kier alpha value is -1.55. The zero-order valence-electron chi connectivity index (χ0n) is 13.4. The molecule has 3 N–H and O–H groups in total. The van der Waals surface area contributed by atoms with Gasteiger partial charge in [0.1, 0.15) is 5.82 Å². The summed E-state index contributed by atoms with van der Waals surface area (Å²) in [5.74, 6) is 1.73. The van der Waals surface area contributed by atoms with Gasteiger partial charge in [-0.05, 0) is 30.5 Å². The van der Waals surface area contributed by atoms with E-state index >= 15 is 0 Å². The molecule has 0 saturated carbocycles. The molecule has 3 nitrogen and oxygen atoms in total. The van der Waals surface area contributed by atoms with Crippen molar-refractivity contribution in [3.63, 3.8) is 0 Å². The molecule has 1 unspecified atom stereocenters. The summed E-state index contributed by atoms with van der Waals surface area (Å²) in [5.41, 5.74) is 9.33. The molecule has 24 heavy (non-hydrogen) atoms. The summed E-state index contributed by atoms with van der Waals surface area (Å²) in [6, 6.07) is 18.2. The average molecular weight is 362 g/mol. The predicted molar refractivity (Wildman–Crippen MR) is 102 cm³/mol. The van der Waals surface area contributed by atoms with Crippen LogP contribution in [0.4, 0.5) is 0 Å². The van der Waals surface area contributed by atoms with Gasteiger partial charge in [0.25, 0.3) is 0 Å². The SMILES string of the molecule is NC(CCCl)(CCCl)C(c1ccccc1)c1nc2ccccc2[nH]1. The second kappa shape index (κ2) is 7.56. The van der Waals surface area contributed by atoms with E-state index in [0.717, 1.165) is 22.4 Å². The quantitative estimate of drug-likeness (QED) is 0.601. The number of H-pyrrole nitrogens is 1. The van der Waals surface area contributed by atoms with Gasteiger partial charge in [-0.15, -0.1) is 23.2 Å². The molecule has 0 saturated heterocycles. The highest BCUT2D eigenvalue weighted by molar-refractivity contribution is 6.18.